The van der Waals surface area contributed by atoms with Crippen molar-refractivity contribution >= 4 is 33.4 Å². The van der Waals surface area contributed by atoms with E-state index in [1.165, 1.54) is 6.26 Å². The van der Waals surface area contributed by atoms with E-state index in [2.05, 4.69) is 26.6 Å². The van der Waals surface area contributed by atoms with Crippen molar-refractivity contribution in [2.75, 3.05) is 5.32 Å². The molecule has 2 amide bonds. The van der Waals surface area contributed by atoms with Gasteiger partial charge in [0.1, 0.15) is 6.04 Å². The molecule has 0 saturated heterocycles. The Bertz CT molecular complexity index is 653. The Hall–Kier alpha value is -2.08. The van der Waals surface area contributed by atoms with E-state index in [9.17, 15) is 9.59 Å². The Balaban J connectivity index is 1.98. The molecule has 1 aromatic carbocycles. The van der Waals surface area contributed by atoms with E-state index in [4.69, 9.17) is 4.42 Å². The molecule has 21 heavy (non-hydrogen) atoms. The number of hydrogen-bond donors (Lipinski definition) is 2. The van der Waals surface area contributed by atoms with E-state index in [0.717, 1.165) is 10.0 Å². The number of nitrogens with one attached hydrogen (secondary N) is 2. The summed E-state index contributed by atoms with van der Waals surface area (Å²) in [6, 6.07) is 8.03. The predicted molar refractivity (Wildman–Crippen MR) is 83.1 cm³/mol. The standard InChI is InChI=1S/C15H15BrN2O3/c1-9-8-11(16)5-6-12(9)18-14(19)10(2)17-15(20)13-4-3-7-21-13/h3-8,10H,1-2H3,(H,17,20)(H,18,19). The smallest absolute Gasteiger partial charge is 0.287 e. The summed E-state index contributed by atoms with van der Waals surface area (Å²) in [7, 11) is 0. The lowest BCUT2D eigenvalue weighted by Gasteiger charge is -2.14. The largest absolute Gasteiger partial charge is 0.459 e. The van der Waals surface area contributed by atoms with E-state index in [0.29, 0.717) is 5.69 Å². The predicted octanol–water partition coefficient (Wildman–Crippen LogP) is 3.11. The van der Waals surface area contributed by atoms with Crippen LogP contribution < -0.4 is 10.6 Å². The summed E-state index contributed by atoms with van der Waals surface area (Å²) in [5.41, 5.74) is 1.64. The summed E-state index contributed by atoms with van der Waals surface area (Å²) < 4.78 is 5.92. The number of aryl methyl sites for hydroxylation is 1. The summed E-state index contributed by atoms with van der Waals surface area (Å²) in [5.74, 6) is -0.537. The summed E-state index contributed by atoms with van der Waals surface area (Å²) in [6.45, 7) is 3.51. The number of furan rings is 1. The minimum atomic E-state index is -0.675. The molecular formula is C15H15BrN2O3. The fourth-order valence-corrected chi connectivity index (χ4v) is 2.22. The van der Waals surface area contributed by atoms with Gasteiger partial charge in [0, 0.05) is 10.2 Å². The zero-order valence-corrected chi connectivity index (χ0v) is 13.2. The van der Waals surface area contributed by atoms with Gasteiger partial charge in [0.05, 0.1) is 6.26 Å². The van der Waals surface area contributed by atoms with Crippen molar-refractivity contribution in [3.63, 3.8) is 0 Å². The van der Waals surface area contributed by atoms with Crippen LogP contribution in [0.1, 0.15) is 23.0 Å². The van der Waals surface area contributed by atoms with Gasteiger partial charge in [-0.05, 0) is 49.7 Å². The highest BCUT2D eigenvalue weighted by molar-refractivity contribution is 9.10. The molecule has 0 fully saturated rings. The van der Waals surface area contributed by atoms with Crippen molar-refractivity contribution in [3.05, 3.63) is 52.4 Å². The van der Waals surface area contributed by atoms with Crippen molar-refractivity contribution in [1.29, 1.82) is 0 Å². The van der Waals surface area contributed by atoms with Gasteiger partial charge in [-0.1, -0.05) is 15.9 Å². The topological polar surface area (TPSA) is 71.3 Å². The molecule has 0 aliphatic carbocycles. The van der Waals surface area contributed by atoms with Gasteiger partial charge in [0.2, 0.25) is 5.91 Å². The highest BCUT2D eigenvalue weighted by Gasteiger charge is 2.18. The van der Waals surface area contributed by atoms with Crippen molar-refractivity contribution in [3.8, 4) is 0 Å². The second-order valence-corrected chi connectivity index (χ2v) is 5.54. The number of benzene rings is 1. The van der Waals surface area contributed by atoms with Gasteiger partial charge in [0.15, 0.2) is 5.76 Å². The third-order valence-electron chi connectivity index (χ3n) is 2.93. The van der Waals surface area contributed by atoms with E-state index >= 15 is 0 Å². The summed E-state index contributed by atoms with van der Waals surface area (Å²) >= 11 is 3.37. The maximum absolute atomic E-state index is 12.1. The van der Waals surface area contributed by atoms with Crippen LogP contribution in [0.4, 0.5) is 5.69 Å². The molecule has 0 radical (unpaired) electrons. The van der Waals surface area contributed by atoms with Crippen LogP contribution in [0.5, 0.6) is 0 Å². The van der Waals surface area contributed by atoms with Crippen LogP contribution in [0.15, 0.2) is 45.5 Å². The maximum atomic E-state index is 12.1. The monoisotopic (exact) mass is 350 g/mol. The molecule has 0 bridgehead atoms. The van der Waals surface area contributed by atoms with Crippen molar-refractivity contribution in [2.45, 2.75) is 19.9 Å². The number of halogens is 1. The zero-order chi connectivity index (χ0) is 15.4. The first-order chi connectivity index (χ1) is 9.97. The maximum Gasteiger partial charge on any atom is 0.287 e. The third-order valence-corrected chi connectivity index (χ3v) is 3.43. The fourth-order valence-electron chi connectivity index (χ4n) is 1.75. The molecule has 2 N–H and O–H groups in total. The van der Waals surface area contributed by atoms with Crippen molar-refractivity contribution in [2.24, 2.45) is 0 Å². The lowest BCUT2D eigenvalue weighted by atomic mass is 10.2. The first kappa shape index (κ1) is 15.3. The number of rotatable bonds is 4. The molecule has 2 aromatic rings. The average molecular weight is 351 g/mol. The fraction of sp³-hybridized carbons (Fsp3) is 0.200. The van der Waals surface area contributed by atoms with Crippen molar-refractivity contribution in [1.82, 2.24) is 5.32 Å². The molecular weight excluding hydrogens is 336 g/mol. The first-order valence-electron chi connectivity index (χ1n) is 6.39. The third kappa shape index (κ3) is 3.95. The van der Waals surface area contributed by atoms with Crippen LogP contribution in [0.2, 0.25) is 0 Å². The van der Waals surface area contributed by atoms with E-state index in [1.807, 2.05) is 19.1 Å². The second kappa shape index (κ2) is 6.58. The first-order valence-corrected chi connectivity index (χ1v) is 7.18. The van der Waals surface area contributed by atoms with E-state index in [1.54, 1.807) is 25.1 Å². The number of carbonyl (C=O) groups is 2. The van der Waals surface area contributed by atoms with E-state index < -0.39 is 11.9 Å². The van der Waals surface area contributed by atoms with Gasteiger partial charge in [-0.3, -0.25) is 9.59 Å². The quantitative estimate of drug-likeness (QED) is 0.889. The minimum absolute atomic E-state index is 0.175. The molecule has 1 atom stereocenters. The SMILES string of the molecule is Cc1cc(Br)ccc1NC(=O)C(C)NC(=O)c1ccco1. The van der Waals surface area contributed by atoms with Gasteiger partial charge >= 0.3 is 0 Å². The molecule has 0 saturated carbocycles. The van der Waals surface area contributed by atoms with Crippen LogP contribution >= 0.6 is 15.9 Å². The van der Waals surface area contributed by atoms with Crippen LogP contribution in [-0.2, 0) is 4.79 Å². The Morgan fingerprint density at radius 1 is 1.29 bits per heavy atom. The average Bonchev–Trinajstić information content (AvgIpc) is 2.95. The highest BCUT2D eigenvalue weighted by Crippen LogP contribution is 2.20. The Morgan fingerprint density at radius 2 is 2.05 bits per heavy atom. The Morgan fingerprint density at radius 3 is 2.67 bits per heavy atom. The molecule has 1 heterocycles. The van der Waals surface area contributed by atoms with Gasteiger partial charge in [-0.2, -0.15) is 0 Å². The Kier molecular flexibility index (Phi) is 4.80. The molecule has 0 spiro atoms. The number of hydrogen-bond acceptors (Lipinski definition) is 3. The van der Waals surface area contributed by atoms with Crippen LogP contribution in [-0.4, -0.2) is 17.9 Å². The van der Waals surface area contributed by atoms with Crippen LogP contribution in [0.25, 0.3) is 0 Å². The minimum Gasteiger partial charge on any atom is -0.459 e. The summed E-state index contributed by atoms with van der Waals surface area (Å²) in [6.07, 6.45) is 1.41. The van der Waals surface area contributed by atoms with Crippen LogP contribution in [0, 0.1) is 6.92 Å². The lowest BCUT2D eigenvalue weighted by Crippen LogP contribution is -2.41. The van der Waals surface area contributed by atoms with Gasteiger partial charge < -0.3 is 15.1 Å². The number of anilines is 1. The summed E-state index contributed by atoms with van der Waals surface area (Å²) in [4.78, 5) is 23.9. The zero-order valence-electron chi connectivity index (χ0n) is 11.6. The van der Waals surface area contributed by atoms with Gasteiger partial charge in [0.25, 0.3) is 5.91 Å². The molecule has 2 rings (SSSR count). The number of amides is 2. The lowest BCUT2D eigenvalue weighted by molar-refractivity contribution is -0.117. The molecule has 5 nitrogen and oxygen atoms in total. The molecule has 1 unspecified atom stereocenters. The van der Waals surface area contributed by atoms with Crippen LogP contribution in [0.3, 0.4) is 0 Å². The normalized spacial score (nSPS) is 11.8. The molecule has 0 aliphatic heterocycles. The number of carbonyl (C=O) groups excluding carboxylic acids is 2. The molecule has 1 aromatic heterocycles. The highest BCUT2D eigenvalue weighted by atomic mass is 79.9. The van der Waals surface area contributed by atoms with Gasteiger partial charge in [-0.15, -0.1) is 0 Å². The molecule has 110 valence electrons. The van der Waals surface area contributed by atoms with Gasteiger partial charge in [-0.25, -0.2) is 0 Å². The second-order valence-electron chi connectivity index (χ2n) is 4.62. The summed E-state index contributed by atoms with van der Waals surface area (Å²) in [5, 5.41) is 5.36. The molecule has 6 heteroatoms. The van der Waals surface area contributed by atoms with E-state index in [-0.39, 0.29) is 11.7 Å². The van der Waals surface area contributed by atoms with Crippen molar-refractivity contribution < 1.29 is 14.0 Å². The Labute approximate surface area is 130 Å². The molecule has 0 aliphatic rings.